The fourth-order valence-electron chi connectivity index (χ4n) is 2.44. The summed E-state index contributed by atoms with van der Waals surface area (Å²) >= 11 is 0. The van der Waals surface area contributed by atoms with Crippen molar-refractivity contribution in [2.45, 2.75) is 32.1 Å². The number of benzene rings is 1. The van der Waals surface area contributed by atoms with Gasteiger partial charge in [-0.25, -0.2) is 0 Å². The molecule has 2 rings (SSSR count). The summed E-state index contributed by atoms with van der Waals surface area (Å²) in [5.74, 6) is -0.435. The molecule has 0 saturated carbocycles. The third-order valence-corrected chi connectivity index (χ3v) is 3.63. The van der Waals surface area contributed by atoms with E-state index >= 15 is 0 Å². The molecule has 0 aromatic heterocycles. The number of hydrogen-bond donors (Lipinski definition) is 1. The largest absolute Gasteiger partial charge is 0.456 e. The maximum absolute atomic E-state index is 11.9. The molecule has 1 amide bonds. The molecule has 1 heterocycles. The van der Waals surface area contributed by atoms with Crippen LogP contribution in [0, 0.1) is 0 Å². The first-order chi connectivity index (χ1) is 10.1. The molecule has 1 aliphatic rings. The third-order valence-electron chi connectivity index (χ3n) is 3.63. The molecule has 2 N–H and O–H groups in total. The molecular formula is C16H22N2O3. The molecule has 5 heteroatoms. The van der Waals surface area contributed by atoms with Crippen LogP contribution in [0.25, 0.3) is 0 Å². The van der Waals surface area contributed by atoms with Crippen molar-refractivity contribution >= 4 is 17.6 Å². The number of ether oxygens (including phenoxy) is 1. The van der Waals surface area contributed by atoms with Gasteiger partial charge in [0.05, 0.1) is 0 Å². The summed E-state index contributed by atoms with van der Waals surface area (Å²) in [7, 11) is 0. The molecule has 0 atom stereocenters. The second-order valence-electron chi connectivity index (χ2n) is 5.35. The number of esters is 1. The normalized spacial score (nSPS) is 14.8. The lowest BCUT2D eigenvalue weighted by Crippen LogP contribution is -2.38. The number of likely N-dealkylation sites (tertiary alicyclic amines) is 1. The molecule has 5 nitrogen and oxygen atoms in total. The molecule has 21 heavy (non-hydrogen) atoms. The molecule has 1 aliphatic heterocycles. The molecule has 0 bridgehead atoms. The summed E-state index contributed by atoms with van der Waals surface area (Å²) in [6.07, 6.45) is 4.08. The van der Waals surface area contributed by atoms with Gasteiger partial charge in [0, 0.05) is 25.2 Å². The number of piperidine rings is 1. The Balaban J connectivity index is 1.68. The number of nitrogens with two attached hydrogens (primary N) is 1. The van der Waals surface area contributed by atoms with Crippen molar-refractivity contribution in [1.29, 1.82) is 0 Å². The predicted molar refractivity (Wildman–Crippen MR) is 80.6 cm³/mol. The minimum atomic E-state index is -0.345. The highest BCUT2D eigenvalue weighted by atomic mass is 16.5. The lowest BCUT2D eigenvalue weighted by atomic mass is 10.1. The Bertz CT molecular complexity index is 496. The van der Waals surface area contributed by atoms with E-state index < -0.39 is 0 Å². The fourth-order valence-corrected chi connectivity index (χ4v) is 2.44. The Morgan fingerprint density at radius 1 is 1.19 bits per heavy atom. The summed E-state index contributed by atoms with van der Waals surface area (Å²) in [5, 5.41) is 0. The summed E-state index contributed by atoms with van der Waals surface area (Å²) in [6, 6.07) is 7.42. The Labute approximate surface area is 125 Å². The van der Waals surface area contributed by atoms with E-state index in [2.05, 4.69) is 0 Å². The number of rotatable bonds is 5. The first-order valence-corrected chi connectivity index (χ1v) is 7.43. The molecule has 1 aromatic rings. The monoisotopic (exact) mass is 290 g/mol. The van der Waals surface area contributed by atoms with Gasteiger partial charge in [-0.2, -0.15) is 0 Å². The number of nitrogens with zero attached hydrogens (tertiary/aromatic N) is 1. The average Bonchev–Trinajstić information content (AvgIpc) is 2.51. The van der Waals surface area contributed by atoms with E-state index in [9.17, 15) is 9.59 Å². The van der Waals surface area contributed by atoms with Crippen molar-refractivity contribution in [2.24, 2.45) is 0 Å². The van der Waals surface area contributed by atoms with Gasteiger partial charge < -0.3 is 15.4 Å². The fraction of sp³-hybridized carbons (Fsp3) is 0.500. The first kappa shape index (κ1) is 15.4. The van der Waals surface area contributed by atoms with Crippen molar-refractivity contribution < 1.29 is 14.3 Å². The Morgan fingerprint density at radius 2 is 1.95 bits per heavy atom. The van der Waals surface area contributed by atoms with Crippen LogP contribution in [-0.4, -0.2) is 36.5 Å². The van der Waals surface area contributed by atoms with Crippen LogP contribution in [-0.2, 0) is 20.7 Å². The van der Waals surface area contributed by atoms with Crippen LogP contribution in [0.5, 0.6) is 0 Å². The highest BCUT2D eigenvalue weighted by Crippen LogP contribution is 2.10. The highest BCUT2D eigenvalue weighted by Gasteiger charge is 2.17. The predicted octanol–water partition coefficient (Wildman–Crippen LogP) is 1.76. The maximum atomic E-state index is 11.9. The smallest absolute Gasteiger partial charge is 0.306 e. The molecule has 0 radical (unpaired) electrons. The van der Waals surface area contributed by atoms with Crippen molar-refractivity contribution in [3.8, 4) is 0 Å². The number of anilines is 1. The molecule has 0 unspecified atom stereocenters. The molecule has 0 spiro atoms. The third kappa shape index (κ3) is 5.10. The van der Waals surface area contributed by atoms with E-state index in [-0.39, 0.29) is 24.9 Å². The van der Waals surface area contributed by atoms with Crippen LogP contribution < -0.4 is 5.73 Å². The van der Waals surface area contributed by atoms with Gasteiger partial charge in [-0.05, 0) is 43.4 Å². The molecule has 1 fully saturated rings. The van der Waals surface area contributed by atoms with Gasteiger partial charge in [0.15, 0.2) is 6.61 Å². The summed E-state index contributed by atoms with van der Waals surface area (Å²) < 4.78 is 5.05. The van der Waals surface area contributed by atoms with Crippen molar-refractivity contribution in [3.05, 3.63) is 29.8 Å². The van der Waals surface area contributed by atoms with Crippen molar-refractivity contribution in [3.63, 3.8) is 0 Å². The second-order valence-corrected chi connectivity index (χ2v) is 5.35. The lowest BCUT2D eigenvalue weighted by molar-refractivity contribution is -0.152. The van der Waals surface area contributed by atoms with E-state index in [4.69, 9.17) is 10.5 Å². The Kier molecular flexibility index (Phi) is 5.60. The van der Waals surface area contributed by atoms with Gasteiger partial charge in [0.25, 0.3) is 5.91 Å². The van der Waals surface area contributed by atoms with Crippen molar-refractivity contribution in [2.75, 3.05) is 25.4 Å². The lowest BCUT2D eigenvalue weighted by Gasteiger charge is -2.26. The SMILES string of the molecule is Nc1cccc(CCC(=O)OCC(=O)N2CCCCC2)c1. The van der Waals surface area contributed by atoms with E-state index in [0.717, 1.165) is 31.5 Å². The highest BCUT2D eigenvalue weighted by molar-refractivity contribution is 5.80. The maximum Gasteiger partial charge on any atom is 0.306 e. The average molecular weight is 290 g/mol. The van der Waals surface area contributed by atoms with E-state index in [0.29, 0.717) is 12.1 Å². The van der Waals surface area contributed by atoms with Crippen LogP contribution >= 0.6 is 0 Å². The number of nitrogen functional groups attached to an aromatic ring is 1. The number of hydrogen-bond acceptors (Lipinski definition) is 4. The van der Waals surface area contributed by atoms with Crippen LogP contribution in [0.15, 0.2) is 24.3 Å². The minimum absolute atomic E-state index is 0.0907. The van der Waals surface area contributed by atoms with Crippen LogP contribution in [0.1, 0.15) is 31.2 Å². The Hall–Kier alpha value is -2.04. The number of amides is 1. The minimum Gasteiger partial charge on any atom is -0.456 e. The molecule has 1 saturated heterocycles. The van der Waals surface area contributed by atoms with Gasteiger partial charge in [0.2, 0.25) is 0 Å². The van der Waals surface area contributed by atoms with Gasteiger partial charge in [0.1, 0.15) is 0 Å². The van der Waals surface area contributed by atoms with Gasteiger partial charge in [-0.3, -0.25) is 9.59 Å². The topological polar surface area (TPSA) is 72.6 Å². The molecule has 1 aromatic carbocycles. The standard InChI is InChI=1S/C16H22N2O3/c17-14-6-4-5-13(11-14)7-8-16(20)21-12-15(19)18-9-2-1-3-10-18/h4-6,11H,1-3,7-10,12,17H2. The quantitative estimate of drug-likeness (QED) is 0.662. The number of carbonyl (C=O) groups is 2. The zero-order valence-electron chi connectivity index (χ0n) is 12.2. The summed E-state index contributed by atoms with van der Waals surface area (Å²) in [6.45, 7) is 1.41. The molecule has 114 valence electrons. The zero-order chi connectivity index (χ0) is 15.1. The molecule has 0 aliphatic carbocycles. The van der Waals surface area contributed by atoms with E-state index in [1.807, 2.05) is 18.2 Å². The number of aryl methyl sites for hydroxylation is 1. The van der Waals surface area contributed by atoms with Crippen molar-refractivity contribution in [1.82, 2.24) is 4.90 Å². The van der Waals surface area contributed by atoms with Crippen LogP contribution in [0.4, 0.5) is 5.69 Å². The first-order valence-electron chi connectivity index (χ1n) is 7.43. The van der Waals surface area contributed by atoms with Crippen LogP contribution in [0.3, 0.4) is 0 Å². The summed E-state index contributed by atoms with van der Waals surface area (Å²) in [5.41, 5.74) is 7.36. The van der Waals surface area contributed by atoms with Gasteiger partial charge >= 0.3 is 5.97 Å². The molecular weight excluding hydrogens is 268 g/mol. The van der Waals surface area contributed by atoms with E-state index in [1.54, 1.807) is 11.0 Å². The van der Waals surface area contributed by atoms with Crippen LogP contribution in [0.2, 0.25) is 0 Å². The summed E-state index contributed by atoms with van der Waals surface area (Å²) in [4.78, 5) is 25.3. The zero-order valence-corrected chi connectivity index (χ0v) is 12.2. The van der Waals surface area contributed by atoms with Gasteiger partial charge in [-0.1, -0.05) is 12.1 Å². The second kappa shape index (κ2) is 7.67. The van der Waals surface area contributed by atoms with E-state index in [1.165, 1.54) is 6.42 Å². The number of carbonyl (C=O) groups excluding carboxylic acids is 2. The van der Waals surface area contributed by atoms with Gasteiger partial charge in [-0.15, -0.1) is 0 Å². The Morgan fingerprint density at radius 3 is 2.67 bits per heavy atom.